The molecule has 1 aliphatic carbocycles. The molecule has 2 N–H and O–H groups in total. The summed E-state index contributed by atoms with van der Waals surface area (Å²) in [6, 6.07) is 6.14. The van der Waals surface area contributed by atoms with E-state index in [0.717, 1.165) is 25.7 Å². The van der Waals surface area contributed by atoms with Crippen molar-refractivity contribution in [3.63, 3.8) is 0 Å². The summed E-state index contributed by atoms with van der Waals surface area (Å²) >= 11 is 1.25. The highest BCUT2D eigenvalue weighted by atomic mass is 32.2. The lowest BCUT2D eigenvalue weighted by molar-refractivity contribution is -0.577. The van der Waals surface area contributed by atoms with Crippen molar-refractivity contribution in [3.05, 3.63) is 35.8 Å². The number of fused-ring (bicyclic) bond motifs is 2. The monoisotopic (exact) mass is 565 g/mol. The van der Waals surface area contributed by atoms with E-state index in [1.54, 1.807) is 23.7 Å². The molecule has 5 heterocycles. The highest BCUT2D eigenvalue weighted by Gasteiger charge is 2.69. The molecule has 208 valence electrons. The predicted molar refractivity (Wildman–Crippen MR) is 140 cm³/mol. The van der Waals surface area contributed by atoms with Crippen LogP contribution in [0.3, 0.4) is 0 Å². The van der Waals surface area contributed by atoms with E-state index < -0.39 is 34.0 Å². The van der Waals surface area contributed by atoms with E-state index in [9.17, 15) is 8.42 Å². The van der Waals surface area contributed by atoms with Crippen LogP contribution in [0.25, 0.3) is 0 Å². The van der Waals surface area contributed by atoms with Gasteiger partial charge >= 0.3 is 0 Å². The fourth-order valence-corrected chi connectivity index (χ4v) is 9.04. The average molecular weight is 566 g/mol. The van der Waals surface area contributed by atoms with Crippen LogP contribution in [-0.4, -0.2) is 50.5 Å². The maximum atomic E-state index is 13.5. The molecule has 38 heavy (non-hydrogen) atoms. The first-order valence-electron chi connectivity index (χ1n) is 13.2. The molecule has 1 saturated carbocycles. The molecule has 1 aromatic carbocycles. The van der Waals surface area contributed by atoms with Gasteiger partial charge in [-0.2, -0.15) is 0 Å². The van der Waals surface area contributed by atoms with E-state index in [1.807, 2.05) is 6.92 Å². The molecule has 2 aromatic rings. The van der Waals surface area contributed by atoms with Crippen molar-refractivity contribution in [2.75, 3.05) is 23.2 Å². The lowest BCUT2D eigenvalue weighted by Gasteiger charge is -2.60. The van der Waals surface area contributed by atoms with E-state index in [0.29, 0.717) is 16.7 Å². The Morgan fingerprint density at radius 2 is 1.95 bits per heavy atom. The highest BCUT2D eigenvalue weighted by molar-refractivity contribution is 7.93. The lowest BCUT2D eigenvalue weighted by atomic mass is 9.58. The number of hydrogen-bond donors (Lipinski definition) is 1. The van der Waals surface area contributed by atoms with Crippen LogP contribution in [0.1, 0.15) is 46.5 Å². The second-order valence-electron chi connectivity index (χ2n) is 11.1. The third-order valence-electron chi connectivity index (χ3n) is 8.77. The molecule has 8 atom stereocenters. The summed E-state index contributed by atoms with van der Waals surface area (Å²) < 4.78 is 47.5. The predicted octanol–water partition coefficient (Wildman–Crippen LogP) is 4.15. The van der Waals surface area contributed by atoms with Gasteiger partial charge in [0.1, 0.15) is 0 Å². The van der Waals surface area contributed by atoms with Crippen LogP contribution in [0.2, 0.25) is 0 Å². The maximum Gasteiger partial charge on any atom is 0.266 e. The van der Waals surface area contributed by atoms with Gasteiger partial charge in [-0.1, -0.05) is 13.8 Å². The number of nitrogen functional groups attached to an aromatic ring is 1. The summed E-state index contributed by atoms with van der Waals surface area (Å²) in [5.74, 6) is 0.00311. The van der Waals surface area contributed by atoms with Gasteiger partial charge in [-0.15, -0.1) is 11.3 Å². The van der Waals surface area contributed by atoms with Gasteiger partial charge in [-0.05, 0) is 62.3 Å². The number of nitrogens with zero attached hydrogens (tertiary/aromatic N) is 2. The topological polar surface area (TPSA) is 122 Å². The molecule has 7 rings (SSSR count). The van der Waals surface area contributed by atoms with Crippen LogP contribution in [-0.2, 0) is 34.0 Å². The van der Waals surface area contributed by atoms with Gasteiger partial charge in [0.2, 0.25) is 5.79 Å². The Hall–Kier alpha value is -1.80. The molecule has 4 aliphatic heterocycles. The number of nitrogens with two attached hydrogens (primary N) is 1. The molecule has 0 radical (unpaired) electrons. The summed E-state index contributed by atoms with van der Waals surface area (Å²) in [6.07, 6.45) is 4.14. The first-order valence-corrected chi connectivity index (χ1v) is 15.6. The molecular formula is C26H35N3O7S2. The number of ether oxygens (including phenoxy) is 3. The van der Waals surface area contributed by atoms with Crippen molar-refractivity contribution in [1.29, 1.82) is 0 Å². The molecule has 2 bridgehead atoms. The van der Waals surface area contributed by atoms with Gasteiger partial charge in [-0.25, -0.2) is 27.5 Å². The zero-order chi connectivity index (χ0) is 26.7. The van der Waals surface area contributed by atoms with Gasteiger partial charge in [0, 0.05) is 35.5 Å². The normalized spacial score (nSPS) is 38.4. The second kappa shape index (κ2) is 9.69. The fraction of sp³-hybridized carbons (Fsp3) is 0.654. The summed E-state index contributed by atoms with van der Waals surface area (Å²) in [7, 11) is -3.87. The quantitative estimate of drug-likeness (QED) is 0.390. The minimum absolute atomic E-state index is 0.00192. The Balaban J connectivity index is 1.21. The van der Waals surface area contributed by atoms with Crippen LogP contribution in [0.15, 0.2) is 40.7 Å². The van der Waals surface area contributed by atoms with E-state index in [-0.39, 0.29) is 35.8 Å². The van der Waals surface area contributed by atoms with E-state index >= 15 is 0 Å². The minimum atomic E-state index is -3.87. The van der Waals surface area contributed by atoms with Crippen molar-refractivity contribution in [2.24, 2.45) is 23.7 Å². The lowest BCUT2D eigenvalue weighted by Crippen LogP contribution is -2.70. The van der Waals surface area contributed by atoms with Gasteiger partial charge in [-0.3, -0.25) is 0 Å². The highest BCUT2D eigenvalue weighted by Crippen LogP contribution is 2.60. The molecule has 1 spiro atoms. The van der Waals surface area contributed by atoms with Crippen molar-refractivity contribution >= 4 is 32.2 Å². The van der Waals surface area contributed by atoms with Crippen LogP contribution in [0, 0.1) is 23.7 Å². The molecule has 12 heteroatoms. The number of sulfonamides is 1. The van der Waals surface area contributed by atoms with Crippen LogP contribution < -0.4 is 10.0 Å². The van der Waals surface area contributed by atoms with Gasteiger partial charge in [0.15, 0.2) is 23.3 Å². The first kappa shape index (κ1) is 26.4. The number of rotatable bonds is 7. The number of hydrogen-bond acceptors (Lipinski definition) is 10. The largest absolute Gasteiger partial charge is 0.399 e. The zero-order valence-corrected chi connectivity index (χ0v) is 23.4. The summed E-state index contributed by atoms with van der Waals surface area (Å²) in [5, 5.41) is 2.11. The Bertz CT molecular complexity index is 1240. The molecule has 10 nitrogen and oxygen atoms in total. The summed E-state index contributed by atoms with van der Waals surface area (Å²) in [6.45, 7) is 6.47. The Morgan fingerprint density at radius 1 is 1.16 bits per heavy atom. The smallest absolute Gasteiger partial charge is 0.266 e. The molecular weight excluding hydrogens is 530 g/mol. The number of anilines is 2. The van der Waals surface area contributed by atoms with Gasteiger partial charge < -0.3 is 19.9 Å². The van der Waals surface area contributed by atoms with Crippen molar-refractivity contribution in [2.45, 2.75) is 75.3 Å². The zero-order valence-electron chi connectivity index (χ0n) is 21.8. The molecule has 5 aliphatic rings. The van der Waals surface area contributed by atoms with Crippen molar-refractivity contribution < 1.29 is 32.4 Å². The molecule has 5 fully saturated rings. The van der Waals surface area contributed by atoms with Crippen LogP contribution in [0.4, 0.5) is 10.8 Å². The molecule has 1 aromatic heterocycles. The number of thiazole rings is 1. The first-order chi connectivity index (χ1) is 18.1. The van der Waals surface area contributed by atoms with E-state index in [4.69, 9.17) is 29.7 Å². The third-order valence-corrected chi connectivity index (χ3v) is 11.5. The number of aromatic nitrogens is 1. The average Bonchev–Trinajstić information content (AvgIpc) is 3.32. The van der Waals surface area contributed by atoms with E-state index in [1.165, 1.54) is 27.8 Å². The van der Waals surface area contributed by atoms with Crippen molar-refractivity contribution in [3.8, 4) is 0 Å². The molecule has 0 amide bonds. The van der Waals surface area contributed by atoms with E-state index in [2.05, 4.69) is 18.8 Å². The Labute approximate surface area is 227 Å². The minimum Gasteiger partial charge on any atom is -0.399 e. The summed E-state index contributed by atoms with van der Waals surface area (Å²) in [4.78, 5) is 16.5. The second-order valence-corrected chi connectivity index (χ2v) is 13.8. The molecule has 1 unspecified atom stereocenters. The molecule has 4 saturated heterocycles. The van der Waals surface area contributed by atoms with Crippen LogP contribution >= 0.6 is 11.3 Å². The standard InChI is InChI=1S/C26H35N3O7S2/c1-16-4-9-21-17(2)22(33-23-26(21)20(16)10-11-25(3,34-23)35-36-26)32-14-13-29(24-28-12-15-37-24)38(30,31)19-7-5-18(27)6-8-19/h5-8,12,15-17,20-23H,4,9-11,13-14,27H2,1-3H3/t16-,17-,20?,21+,22+,23-,25-,26-/m1/s1. The maximum absolute atomic E-state index is 13.5. The van der Waals surface area contributed by atoms with Gasteiger partial charge in [0.25, 0.3) is 10.0 Å². The van der Waals surface area contributed by atoms with Crippen molar-refractivity contribution in [1.82, 2.24) is 4.98 Å². The summed E-state index contributed by atoms with van der Waals surface area (Å²) in [5.41, 5.74) is 5.59. The Morgan fingerprint density at radius 3 is 2.68 bits per heavy atom. The van der Waals surface area contributed by atoms with Crippen LogP contribution in [0.5, 0.6) is 0 Å². The third kappa shape index (κ3) is 4.25. The van der Waals surface area contributed by atoms with Gasteiger partial charge in [0.05, 0.1) is 18.0 Å². The fourth-order valence-electron chi connectivity index (χ4n) is 6.74. The Kier molecular flexibility index (Phi) is 6.73. The number of benzene rings is 1. The SMILES string of the molecule is C[C@H]1[C@@H](OCCN(c2nccs2)S(=O)(=O)c2ccc(N)cc2)O[C@@H]2O[C@@]3(C)CCC4[C@H](C)CC[C@@H]1[C@]42OO3.